The highest BCUT2D eigenvalue weighted by Gasteiger charge is 2.32. The molecular weight excluding hydrogens is 516 g/mol. The predicted octanol–water partition coefficient (Wildman–Crippen LogP) is 6.41. The summed E-state index contributed by atoms with van der Waals surface area (Å²) < 4.78 is 2.22. The Morgan fingerprint density at radius 2 is 2.18 bits per heavy atom. The van der Waals surface area contributed by atoms with Crippen LogP contribution >= 0.6 is 38.6 Å². The molecule has 0 unspecified atom stereocenters. The third-order valence-electron chi connectivity index (χ3n) is 6.95. The maximum absolute atomic E-state index is 12.8. The number of aromatic nitrogens is 1. The number of carbonyl (C=O) groups excluding carboxylic acids is 1. The minimum Gasteiger partial charge on any atom is -0.317 e. The smallest absolute Gasteiger partial charge is 0.226 e. The summed E-state index contributed by atoms with van der Waals surface area (Å²) in [6, 6.07) is 7.44. The highest BCUT2D eigenvalue weighted by Crippen LogP contribution is 2.46. The first-order valence-corrected chi connectivity index (χ1v) is 14.4. The van der Waals surface area contributed by atoms with Crippen molar-refractivity contribution in [3.63, 3.8) is 0 Å². The lowest BCUT2D eigenvalue weighted by Gasteiger charge is -2.39. The van der Waals surface area contributed by atoms with E-state index in [-0.39, 0.29) is 5.91 Å². The standard InChI is InChI=1S/C25H31BrN4OS2/c1-3-15(2)27-11-9-22(31)29-25-23(24-28-19-13-16(26)7-8-20(19)32-24)18-10-12-30(14-21(18)33-25)17-5-4-6-17/h7-8,13,15,17,27H,3-6,9-12,14H2,1-2H3,(H,29,31)/t15-/m0/s1. The fourth-order valence-electron chi connectivity index (χ4n) is 4.57. The maximum atomic E-state index is 12.8. The molecule has 3 aromatic rings. The summed E-state index contributed by atoms with van der Waals surface area (Å²) in [6.07, 6.45) is 6.59. The Kier molecular flexibility index (Phi) is 7.18. The largest absolute Gasteiger partial charge is 0.317 e. The molecule has 1 atom stereocenters. The molecule has 2 aliphatic rings. The Hall–Kier alpha value is -1.32. The van der Waals surface area contributed by atoms with E-state index in [1.54, 1.807) is 22.7 Å². The van der Waals surface area contributed by atoms with Crippen LogP contribution in [0.5, 0.6) is 0 Å². The third kappa shape index (κ3) is 5.05. The Labute approximate surface area is 212 Å². The SMILES string of the molecule is CC[C@H](C)NCCC(=O)Nc1sc2c(c1-c1nc3cc(Br)ccc3s1)CCN(C1CCC1)C2. The fraction of sp³-hybridized carbons (Fsp3) is 0.520. The van der Waals surface area contributed by atoms with Crippen LogP contribution in [-0.4, -0.2) is 41.0 Å². The summed E-state index contributed by atoms with van der Waals surface area (Å²) in [7, 11) is 0. The second-order valence-corrected chi connectivity index (χ2v) is 12.3. The quantitative estimate of drug-likeness (QED) is 0.342. The van der Waals surface area contributed by atoms with Crippen molar-refractivity contribution in [2.75, 3.05) is 18.4 Å². The molecule has 176 valence electrons. The number of thiazole rings is 1. The molecule has 0 spiro atoms. The van der Waals surface area contributed by atoms with E-state index < -0.39 is 0 Å². The van der Waals surface area contributed by atoms with Crippen molar-refractivity contribution in [1.29, 1.82) is 0 Å². The summed E-state index contributed by atoms with van der Waals surface area (Å²) in [4.78, 5) is 21.9. The lowest BCUT2D eigenvalue weighted by atomic mass is 9.89. The molecule has 0 bridgehead atoms. The van der Waals surface area contributed by atoms with Gasteiger partial charge in [0.1, 0.15) is 10.0 Å². The van der Waals surface area contributed by atoms with Crippen molar-refractivity contribution < 1.29 is 4.79 Å². The van der Waals surface area contributed by atoms with Gasteiger partial charge >= 0.3 is 0 Å². The lowest BCUT2D eigenvalue weighted by Crippen LogP contribution is -2.42. The number of rotatable bonds is 8. The van der Waals surface area contributed by atoms with Crippen LogP contribution in [0, 0.1) is 0 Å². The molecule has 1 aliphatic heterocycles. The summed E-state index contributed by atoms with van der Waals surface area (Å²) >= 11 is 7.05. The zero-order valence-corrected chi connectivity index (χ0v) is 22.5. The number of hydrogen-bond acceptors (Lipinski definition) is 6. The highest BCUT2D eigenvalue weighted by molar-refractivity contribution is 9.10. The van der Waals surface area contributed by atoms with E-state index in [2.05, 4.69) is 63.5 Å². The summed E-state index contributed by atoms with van der Waals surface area (Å²) in [6.45, 7) is 7.11. The van der Waals surface area contributed by atoms with Gasteiger partial charge in [0.15, 0.2) is 0 Å². The van der Waals surface area contributed by atoms with Gasteiger partial charge in [0, 0.05) is 53.1 Å². The van der Waals surface area contributed by atoms with Gasteiger partial charge in [-0.25, -0.2) is 4.98 Å². The van der Waals surface area contributed by atoms with Crippen LogP contribution in [0.3, 0.4) is 0 Å². The maximum Gasteiger partial charge on any atom is 0.226 e. The highest BCUT2D eigenvalue weighted by atomic mass is 79.9. The number of benzene rings is 1. The van der Waals surface area contributed by atoms with Gasteiger partial charge in [0.25, 0.3) is 0 Å². The van der Waals surface area contributed by atoms with Gasteiger partial charge in [-0.3, -0.25) is 9.69 Å². The molecule has 2 N–H and O–H groups in total. The topological polar surface area (TPSA) is 57.3 Å². The van der Waals surface area contributed by atoms with Crippen molar-refractivity contribution >= 4 is 59.7 Å². The number of halogens is 1. The number of thiophene rings is 1. The lowest BCUT2D eigenvalue weighted by molar-refractivity contribution is -0.116. The van der Waals surface area contributed by atoms with E-state index >= 15 is 0 Å². The van der Waals surface area contributed by atoms with E-state index in [1.807, 2.05) is 0 Å². The molecule has 1 aromatic carbocycles. The Morgan fingerprint density at radius 1 is 1.33 bits per heavy atom. The van der Waals surface area contributed by atoms with E-state index in [0.29, 0.717) is 19.0 Å². The Bertz CT molecular complexity index is 1150. The molecule has 1 aliphatic carbocycles. The van der Waals surface area contributed by atoms with Crippen LogP contribution in [0.15, 0.2) is 22.7 Å². The zero-order valence-electron chi connectivity index (χ0n) is 19.2. The average molecular weight is 548 g/mol. The van der Waals surface area contributed by atoms with E-state index in [1.165, 1.54) is 34.4 Å². The van der Waals surface area contributed by atoms with Crippen molar-refractivity contribution in [1.82, 2.24) is 15.2 Å². The van der Waals surface area contributed by atoms with Gasteiger partial charge in [-0.2, -0.15) is 0 Å². The first kappa shape index (κ1) is 23.4. The molecule has 8 heteroatoms. The van der Waals surface area contributed by atoms with Gasteiger partial charge in [-0.05, 0) is 56.4 Å². The van der Waals surface area contributed by atoms with Crippen LogP contribution in [0.2, 0.25) is 0 Å². The van der Waals surface area contributed by atoms with Crippen LogP contribution < -0.4 is 10.6 Å². The van der Waals surface area contributed by atoms with Gasteiger partial charge in [-0.15, -0.1) is 22.7 Å². The van der Waals surface area contributed by atoms with E-state index in [0.717, 1.165) is 57.5 Å². The van der Waals surface area contributed by atoms with Crippen molar-refractivity contribution in [2.24, 2.45) is 0 Å². The number of nitrogens with one attached hydrogen (secondary N) is 2. The second kappa shape index (κ2) is 10.1. The molecule has 33 heavy (non-hydrogen) atoms. The van der Waals surface area contributed by atoms with Crippen molar-refractivity contribution in [3.8, 4) is 10.6 Å². The molecule has 2 aromatic heterocycles. The second-order valence-electron chi connectivity index (χ2n) is 9.21. The molecule has 3 heterocycles. The normalized spacial score (nSPS) is 17.7. The molecule has 5 nitrogen and oxygen atoms in total. The van der Waals surface area contributed by atoms with Gasteiger partial charge in [0.2, 0.25) is 5.91 Å². The average Bonchev–Trinajstić information content (AvgIpc) is 3.31. The number of amides is 1. The minimum atomic E-state index is 0.0744. The molecule has 1 amide bonds. The van der Waals surface area contributed by atoms with Gasteiger partial charge < -0.3 is 10.6 Å². The molecule has 0 radical (unpaired) electrons. The van der Waals surface area contributed by atoms with Crippen molar-refractivity contribution in [3.05, 3.63) is 33.1 Å². The zero-order chi connectivity index (χ0) is 22.9. The fourth-order valence-corrected chi connectivity index (χ4v) is 7.30. The summed E-state index contributed by atoms with van der Waals surface area (Å²) in [5.41, 5.74) is 3.55. The van der Waals surface area contributed by atoms with Crippen molar-refractivity contribution in [2.45, 2.75) is 71.0 Å². The number of anilines is 1. The first-order chi connectivity index (χ1) is 16.0. The molecule has 1 fully saturated rings. The molecule has 1 saturated carbocycles. The molecular formula is C25H31BrN4OS2. The first-order valence-electron chi connectivity index (χ1n) is 12.0. The van der Waals surface area contributed by atoms with Crippen LogP contribution in [0.1, 0.15) is 56.4 Å². The third-order valence-corrected chi connectivity index (χ3v) is 9.63. The molecule has 0 saturated heterocycles. The van der Waals surface area contributed by atoms with Gasteiger partial charge in [-0.1, -0.05) is 29.3 Å². The number of carbonyl (C=O) groups is 1. The van der Waals surface area contributed by atoms with E-state index in [9.17, 15) is 4.79 Å². The minimum absolute atomic E-state index is 0.0744. The molecule has 5 rings (SSSR count). The Balaban J connectivity index is 1.43. The van der Waals surface area contributed by atoms with E-state index in [4.69, 9.17) is 4.98 Å². The van der Waals surface area contributed by atoms with Gasteiger partial charge in [0.05, 0.1) is 10.2 Å². The summed E-state index contributed by atoms with van der Waals surface area (Å²) in [5.74, 6) is 0.0744. The van der Waals surface area contributed by atoms with Crippen LogP contribution in [0.4, 0.5) is 5.00 Å². The number of hydrogen-bond donors (Lipinski definition) is 2. The number of nitrogens with zero attached hydrogens (tertiary/aromatic N) is 2. The van der Waals surface area contributed by atoms with Crippen LogP contribution in [0.25, 0.3) is 20.8 Å². The summed E-state index contributed by atoms with van der Waals surface area (Å²) in [5, 5.41) is 8.68. The van der Waals surface area contributed by atoms with Crippen LogP contribution in [-0.2, 0) is 17.8 Å². The predicted molar refractivity (Wildman–Crippen MR) is 143 cm³/mol. The number of fused-ring (bicyclic) bond motifs is 2. The Morgan fingerprint density at radius 3 is 2.94 bits per heavy atom. The monoisotopic (exact) mass is 546 g/mol.